The number of anilines is 1. The molecule has 0 aliphatic carbocycles. The van der Waals surface area contributed by atoms with E-state index in [2.05, 4.69) is 5.32 Å². The number of hydrogen-bond acceptors (Lipinski definition) is 4. The van der Waals surface area contributed by atoms with Gasteiger partial charge in [0.2, 0.25) is 0 Å². The van der Waals surface area contributed by atoms with Crippen molar-refractivity contribution in [3.63, 3.8) is 0 Å². The number of rotatable bonds is 8. The summed E-state index contributed by atoms with van der Waals surface area (Å²) in [6.07, 6.45) is 0.00987. The Kier molecular flexibility index (Phi) is 6.75. The minimum atomic E-state index is -0.946. The highest BCUT2D eigenvalue weighted by molar-refractivity contribution is 6.31. The van der Waals surface area contributed by atoms with Crippen LogP contribution in [0.4, 0.5) is 5.69 Å². The molecule has 0 atom stereocenters. The Bertz CT molecular complexity index is 790. The molecule has 26 heavy (non-hydrogen) atoms. The van der Waals surface area contributed by atoms with Crippen LogP contribution in [0.3, 0.4) is 0 Å². The number of carboxylic acids is 1. The molecule has 0 aliphatic rings. The maximum Gasteiger partial charge on any atom is 0.336 e. The number of hydrogen-bond donors (Lipinski definition) is 2. The quantitative estimate of drug-likeness (QED) is 0.666. The third kappa shape index (κ3) is 4.82. The van der Waals surface area contributed by atoms with Crippen molar-refractivity contribution in [3.8, 4) is 11.5 Å². The molecule has 0 amide bonds. The van der Waals surface area contributed by atoms with E-state index in [9.17, 15) is 9.90 Å². The molecule has 140 valence electrons. The van der Waals surface area contributed by atoms with E-state index in [4.69, 9.17) is 21.1 Å². The SMILES string of the molecule is CCOc1cc(CNc2cccc(C(=O)O)c2C)c(Cl)cc1OC(C)C. The standard InChI is InChI=1S/C20H24ClNO4/c1-5-25-18-9-14(16(21)10-19(18)26-12(2)3)11-22-17-8-6-7-15(13(17)4)20(23)24/h6-10,12,22H,5,11H2,1-4H3,(H,23,24). The predicted octanol–water partition coefficient (Wildman–Crippen LogP) is 5.14. The summed E-state index contributed by atoms with van der Waals surface area (Å²) in [4.78, 5) is 11.3. The van der Waals surface area contributed by atoms with Crippen molar-refractivity contribution in [2.75, 3.05) is 11.9 Å². The van der Waals surface area contributed by atoms with Crippen molar-refractivity contribution in [2.24, 2.45) is 0 Å². The highest BCUT2D eigenvalue weighted by Gasteiger charge is 2.14. The largest absolute Gasteiger partial charge is 0.490 e. The van der Waals surface area contributed by atoms with Gasteiger partial charge in [-0.15, -0.1) is 0 Å². The molecule has 0 saturated heterocycles. The zero-order valence-electron chi connectivity index (χ0n) is 15.4. The number of ether oxygens (including phenoxy) is 2. The highest BCUT2D eigenvalue weighted by Crippen LogP contribution is 2.35. The molecule has 6 heteroatoms. The molecular formula is C20H24ClNO4. The number of halogens is 1. The summed E-state index contributed by atoms with van der Waals surface area (Å²) in [6.45, 7) is 8.52. The van der Waals surface area contributed by atoms with Crippen LogP contribution >= 0.6 is 11.6 Å². The predicted molar refractivity (Wildman–Crippen MR) is 104 cm³/mol. The molecule has 0 heterocycles. The Morgan fingerprint density at radius 3 is 2.62 bits per heavy atom. The second-order valence-electron chi connectivity index (χ2n) is 6.13. The van der Waals surface area contributed by atoms with Crippen LogP contribution < -0.4 is 14.8 Å². The molecule has 0 aliphatic heterocycles. The third-order valence-corrected chi connectivity index (χ3v) is 4.16. The van der Waals surface area contributed by atoms with Crippen LogP contribution in [0, 0.1) is 6.92 Å². The molecule has 0 unspecified atom stereocenters. The maximum absolute atomic E-state index is 11.3. The molecule has 0 fully saturated rings. The number of aromatic carboxylic acids is 1. The van der Waals surface area contributed by atoms with Gasteiger partial charge in [-0.2, -0.15) is 0 Å². The zero-order valence-corrected chi connectivity index (χ0v) is 16.2. The van der Waals surface area contributed by atoms with Gasteiger partial charge >= 0.3 is 5.97 Å². The summed E-state index contributed by atoms with van der Waals surface area (Å²) in [5.74, 6) is 0.302. The normalized spacial score (nSPS) is 10.7. The summed E-state index contributed by atoms with van der Waals surface area (Å²) in [5, 5.41) is 13.0. The average Bonchev–Trinajstić information content (AvgIpc) is 2.56. The lowest BCUT2D eigenvalue weighted by Crippen LogP contribution is -2.09. The number of benzene rings is 2. The van der Waals surface area contributed by atoms with Crippen molar-refractivity contribution in [1.29, 1.82) is 0 Å². The second kappa shape index (κ2) is 8.81. The average molecular weight is 378 g/mol. The van der Waals surface area contributed by atoms with Crippen molar-refractivity contribution >= 4 is 23.3 Å². The van der Waals surface area contributed by atoms with Gasteiger partial charge in [-0.05, 0) is 57.0 Å². The molecule has 2 rings (SSSR count). The third-order valence-electron chi connectivity index (χ3n) is 3.81. The lowest BCUT2D eigenvalue weighted by atomic mass is 10.1. The number of nitrogens with one attached hydrogen (secondary N) is 1. The molecule has 2 aromatic rings. The van der Waals surface area contributed by atoms with Gasteiger partial charge in [0.1, 0.15) is 0 Å². The van der Waals surface area contributed by atoms with Crippen LogP contribution in [-0.4, -0.2) is 23.8 Å². The van der Waals surface area contributed by atoms with Crippen LogP contribution in [-0.2, 0) is 6.54 Å². The van der Waals surface area contributed by atoms with E-state index in [1.54, 1.807) is 25.1 Å². The fourth-order valence-corrected chi connectivity index (χ4v) is 2.80. The Morgan fingerprint density at radius 1 is 1.27 bits per heavy atom. The van der Waals surface area contributed by atoms with Gasteiger partial charge in [0.15, 0.2) is 11.5 Å². The molecule has 0 radical (unpaired) electrons. The molecule has 2 N–H and O–H groups in total. The minimum Gasteiger partial charge on any atom is -0.490 e. The molecule has 0 bridgehead atoms. The van der Waals surface area contributed by atoms with Crippen molar-refractivity contribution in [2.45, 2.75) is 40.3 Å². The Labute approximate surface area is 158 Å². The first-order chi connectivity index (χ1) is 12.3. The van der Waals surface area contributed by atoms with Crippen LogP contribution in [0.25, 0.3) is 0 Å². The van der Waals surface area contributed by atoms with E-state index in [1.807, 2.05) is 32.9 Å². The molecule has 2 aromatic carbocycles. The lowest BCUT2D eigenvalue weighted by Gasteiger charge is -2.18. The molecular weight excluding hydrogens is 354 g/mol. The van der Waals surface area contributed by atoms with Gasteiger partial charge in [-0.3, -0.25) is 0 Å². The Morgan fingerprint density at radius 2 is 2.00 bits per heavy atom. The van der Waals surface area contributed by atoms with E-state index >= 15 is 0 Å². The lowest BCUT2D eigenvalue weighted by molar-refractivity contribution is 0.0696. The van der Waals surface area contributed by atoms with E-state index in [0.717, 1.165) is 11.3 Å². The van der Waals surface area contributed by atoms with Crippen molar-refractivity contribution in [1.82, 2.24) is 0 Å². The van der Waals surface area contributed by atoms with Gasteiger partial charge in [0.25, 0.3) is 0 Å². The van der Waals surface area contributed by atoms with E-state index in [-0.39, 0.29) is 11.7 Å². The summed E-state index contributed by atoms with van der Waals surface area (Å²) >= 11 is 6.40. The second-order valence-corrected chi connectivity index (χ2v) is 6.53. The van der Waals surface area contributed by atoms with E-state index < -0.39 is 5.97 Å². The summed E-state index contributed by atoms with van der Waals surface area (Å²) in [6, 6.07) is 8.75. The van der Waals surface area contributed by atoms with Gasteiger partial charge in [-0.1, -0.05) is 17.7 Å². The van der Waals surface area contributed by atoms with Crippen molar-refractivity contribution < 1.29 is 19.4 Å². The van der Waals surface area contributed by atoms with Gasteiger partial charge in [-0.25, -0.2) is 4.79 Å². The molecule has 5 nitrogen and oxygen atoms in total. The minimum absolute atomic E-state index is 0.00987. The van der Waals surface area contributed by atoms with Gasteiger partial charge < -0.3 is 19.9 Å². The fourth-order valence-electron chi connectivity index (χ4n) is 2.58. The Balaban J connectivity index is 2.26. The monoisotopic (exact) mass is 377 g/mol. The van der Waals surface area contributed by atoms with Crippen LogP contribution in [0.2, 0.25) is 5.02 Å². The van der Waals surface area contributed by atoms with Gasteiger partial charge in [0, 0.05) is 23.3 Å². The molecule has 0 spiro atoms. The summed E-state index contributed by atoms with van der Waals surface area (Å²) < 4.78 is 11.4. The molecule has 0 saturated carbocycles. The van der Waals surface area contributed by atoms with Crippen LogP contribution in [0.15, 0.2) is 30.3 Å². The smallest absolute Gasteiger partial charge is 0.336 e. The topological polar surface area (TPSA) is 67.8 Å². The van der Waals surface area contributed by atoms with E-state index in [1.165, 1.54) is 0 Å². The van der Waals surface area contributed by atoms with Gasteiger partial charge in [0.05, 0.1) is 18.3 Å². The summed E-state index contributed by atoms with van der Waals surface area (Å²) in [7, 11) is 0. The molecule has 0 aromatic heterocycles. The zero-order chi connectivity index (χ0) is 19.3. The van der Waals surface area contributed by atoms with Crippen LogP contribution in [0.1, 0.15) is 42.3 Å². The first-order valence-corrected chi connectivity index (χ1v) is 8.89. The van der Waals surface area contributed by atoms with Crippen molar-refractivity contribution in [3.05, 3.63) is 52.0 Å². The number of carbonyl (C=O) groups is 1. The highest BCUT2D eigenvalue weighted by atomic mass is 35.5. The maximum atomic E-state index is 11.3. The van der Waals surface area contributed by atoms with E-state index in [0.29, 0.717) is 35.2 Å². The first-order valence-electron chi connectivity index (χ1n) is 8.52. The number of carboxylic acid groups (broad SMARTS) is 1. The first kappa shape index (κ1) is 19.9. The Hall–Kier alpha value is -2.40. The van der Waals surface area contributed by atoms with Crippen LogP contribution in [0.5, 0.6) is 11.5 Å². The summed E-state index contributed by atoms with van der Waals surface area (Å²) in [5.41, 5.74) is 2.55. The fraction of sp³-hybridized carbons (Fsp3) is 0.350.